The Balaban J connectivity index is -0.0000000300. The fourth-order valence-corrected chi connectivity index (χ4v) is 0. The van der Waals surface area contributed by atoms with Gasteiger partial charge in [0, 0.05) is 0 Å². The molecule has 0 aliphatic rings. The van der Waals surface area contributed by atoms with Crippen LogP contribution in [0.3, 0.4) is 0 Å². The maximum Gasteiger partial charge on any atom is 1.00 e. The minimum Gasteiger partial charge on any atom is -0.356 e. The van der Waals surface area contributed by atoms with Crippen LogP contribution in [0.5, 0.6) is 0 Å². The number of hydrogen-bond acceptors (Lipinski definition) is 6. The summed E-state index contributed by atoms with van der Waals surface area (Å²) in [5, 5.41) is 29.5. The predicted octanol–water partition coefficient (Wildman–Crippen LogP) is -3.36. The van der Waals surface area contributed by atoms with E-state index in [0.29, 0.717) is 0 Å². The molecule has 0 saturated heterocycles. The number of rotatable bonds is 0. The summed E-state index contributed by atoms with van der Waals surface area (Å²) in [6.07, 6.45) is 0. The molecule has 0 aromatic carbocycles. The standard InChI is InChI=1S/2NO3.Na/c2*2-1(3)4;/q2*-1;+1/p+1. The molecule has 0 aromatic heterocycles. The van der Waals surface area contributed by atoms with Crippen molar-refractivity contribution < 1.29 is 41.2 Å². The first-order valence-electron chi connectivity index (χ1n) is 1.10. The topological polar surface area (TPSA) is 132 Å². The van der Waals surface area contributed by atoms with E-state index in [0.717, 1.165) is 0 Å². The molecular formula is HN2NaO6. The van der Waals surface area contributed by atoms with Crippen molar-refractivity contribution in [3.63, 3.8) is 0 Å². The van der Waals surface area contributed by atoms with Crippen LogP contribution < -0.4 is 29.6 Å². The SMILES string of the molecule is O=[N+]([O-])[O-].O=[N+]([O-])[O-].[H+].[Na+]. The van der Waals surface area contributed by atoms with Gasteiger partial charge in [-0.15, -0.1) is 0 Å². The minimum atomic E-state index is -1.75. The van der Waals surface area contributed by atoms with E-state index in [9.17, 15) is 0 Å². The van der Waals surface area contributed by atoms with Gasteiger partial charge in [0.05, 0.1) is 10.2 Å². The summed E-state index contributed by atoms with van der Waals surface area (Å²) in [6, 6.07) is 0. The number of hydrogen-bond donors (Lipinski definition) is 0. The molecule has 8 nitrogen and oxygen atoms in total. The second-order valence-corrected chi connectivity index (χ2v) is 0.447. The Hall–Kier alpha value is -0.600. The van der Waals surface area contributed by atoms with Gasteiger partial charge in [0.1, 0.15) is 0 Å². The molecule has 0 atom stereocenters. The molecule has 48 valence electrons. The second-order valence-electron chi connectivity index (χ2n) is 0.447. The van der Waals surface area contributed by atoms with Crippen molar-refractivity contribution in [2.75, 3.05) is 0 Å². The van der Waals surface area contributed by atoms with Crippen LogP contribution in [-0.2, 0) is 0 Å². The van der Waals surface area contributed by atoms with Crippen LogP contribution in [-0.4, -0.2) is 10.2 Å². The van der Waals surface area contributed by atoms with Crippen molar-refractivity contribution in [1.82, 2.24) is 0 Å². The van der Waals surface area contributed by atoms with Gasteiger partial charge in [-0.05, 0) is 0 Å². The van der Waals surface area contributed by atoms with Crippen molar-refractivity contribution in [2.24, 2.45) is 0 Å². The smallest absolute Gasteiger partial charge is 0.356 e. The first-order valence-corrected chi connectivity index (χ1v) is 1.10. The third-order valence-electron chi connectivity index (χ3n) is 0. The summed E-state index contributed by atoms with van der Waals surface area (Å²) in [4.78, 5) is 16.5. The van der Waals surface area contributed by atoms with Gasteiger partial charge in [0.25, 0.3) is 0 Å². The third-order valence-corrected chi connectivity index (χ3v) is 0. The van der Waals surface area contributed by atoms with E-state index in [2.05, 4.69) is 0 Å². The monoisotopic (exact) mass is 148 g/mol. The van der Waals surface area contributed by atoms with E-state index in [1.807, 2.05) is 0 Å². The van der Waals surface area contributed by atoms with Crippen LogP contribution in [0.15, 0.2) is 0 Å². The minimum absolute atomic E-state index is 0. The summed E-state index contributed by atoms with van der Waals surface area (Å²) in [7, 11) is 0. The van der Waals surface area contributed by atoms with Gasteiger partial charge < -0.3 is 30.6 Å². The molecule has 9 heteroatoms. The van der Waals surface area contributed by atoms with Crippen LogP contribution >= 0.6 is 0 Å². The predicted molar refractivity (Wildman–Crippen MR) is 21.8 cm³/mol. The Labute approximate surface area is 72.1 Å². The first-order chi connectivity index (χ1) is 3.46. The molecule has 9 heavy (non-hydrogen) atoms. The summed E-state index contributed by atoms with van der Waals surface area (Å²) in [5.74, 6) is 0. The average molecular weight is 148 g/mol. The molecule has 0 heterocycles. The van der Waals surface area contributed by atoms with E-state index in [1.54, 1.807) is 0 Å². The third kappa shape index (κ3) is 599. The molecule has 0 unspecified atom stereocenters. The van der Waals surface area contributed by atoms with Gasteiger partial charge in [-0.3, -0.25) is 0 Å². The average Bonchev–Trinajstić information content (AvgIpc) is 1.25. The molecular weight excluding hydrogens is 147 g/mol. The zero-order valence-electron chi connectivity index (χ0n) is 5.34. The Kier molecular flexibility index (Phi) is 18.2. The Morgan fingerprint density at radius 1 is 0.889 bits per heavy atom. The summed E-state index contributed by atoms with van der Waals surface area (Å²) in [5.41, 5.74) is 0. The van der Waals surface area contributed by atoms with E-state index in [-0.39, 0.29) is 31.0 Å². The summed E-state index contributed by atoms with van der Waals surface area (Å²) >= 11 is 0. The molecule has 0 radical (unpaired) electrons. The Morgan fingerprint density at radius 3 is 0.889 bits per heavy atom. The maximum absolute atomic E-state index is 8.25. The second kappa shape index (κ2) is 10.4. The summed E-state index contributed by atoms with van der Waals surface area (Å²) < 4.78 is 0. The van der Waals surface area contributed by atoms with Crippen molar-refractivity contribution in [3.05, 3.63) is 30.6 Å². The van der Waals surface area contributed by atoms with E-state index >= 15 is 0 Å². The van der Waals surface area contributed by atoms with Gasteiger partial charge in [-0.2, -0.15) is 0 Å². The Bertz CT molecular complexity index is 73.7. The molecule has 0 aromatic rings. The van der Waals surface area contributed by atoms with Gasteiger partial charge >= 0.3 is 31.0 Å². The van der Waals surface area contributed by atoms with Crippen LogP contribution in [0.4, 0.5) is 0 Å². The van der Waals surface area contributed by atoms with Crippen molar-refractivity contribution in [3.8, 4) is 0 Å². The molecule has 0 amide bonds. The van der Waals surface area contributed by atoms with E-state index in [4.69, 9.17) is 30.6 Å². The molecule has 0 spiro atoms. The normalized spacial score (nSPS) is 5.33. The van der Waals surface area contributed by atoms with Gasteiger partial charge in [0.2, 0.25) is 0 Å². The van der Waals surface area contributed by atoms with Crippen molar-refractivity contribution in [2.45, 2.75) is 0 Å². The number of nitrogens with zero attached hydrogens (tertiary/aromatic N) is 2. The molecule has 0 bridgehead atoms. The zero-order valence-corrected chi connectivity index (χ0v) is 6.34. The largest absolute Gasteiger partial charge is 1.00 e. The summed E-state index contributed by atoms with van der Waals surface area (Å²) in [6.45, 7) is 0. The molecule has 0 rings (SSSR count). The molecule has 0 fully saturated rings. The van der Waals surface area contributed by atoms with Gasteiger partial charge in [-0.1, -0.05) is 0 Å². The first kappa shape index (κ1) is 15.8. The fourth-order valence-electron chi connectivity index (χ4n) is 0. The van der Waals surface area contributed by atoms with Gasteiger partial charge in [-0.25, -0.2) is 0 Å². The van der Waals surface area contributed by atoms with Crippen LogP contribution in [0.2, 0.25) is 0 Å². The van der Waals surface area contributed by atoms with Crippen molar-refractivity contribution >= 4 is 0 Å². The molecule has 0 saturated carbocycles. The maximum atomic E-state index is 8.25. The molecule has 0 aliphatic carbocycles. The zero-order chi connectivity index (χ0) is 7.15. The fraction of sp³-hybridized carbons (Fsp3) is 0. The van der Waals surface area contributed by atoms with Crippen molar-refractivity contribution in [1.29, 1.82) is 0 Å². The van der Waals surface area contributed by atoms with Crippen LogP contribution in [0, 0.1) is 30.6 Å². The Morgan fingerprint density at radius 2 is 0.889 bits per heavy atom. The molecule has 0 N–H and O–H groups in total. The van der Waals surface area contributed by atoms with Crippen LogP contribution in [0.25, 0.3) is 0 Å². The van der Waals surface area contributed by atoms with Gasteiger partial charge in [0.15, 0.2) is 0 Å². The van der Waals surface area contributed by atoms with E-state index < -0.39 is 10.2 Å². The van der Waals surface area contributed by atoms with E-state index in [1.165, 1.54) is 0 Å². The van der Waals surface area contributed by atoms with Crippen LogP contribution in [0.1, 0.15) is 1.43 Å². The quantitative estimate of drug-likeness (QED) is 0.200. The molecule has 0 aliphatic heterocycles.